The Hall–Kier alpha value is -3.26. The smallest absolute Gasteiger partial charge is 0.335 e. The minimum Gasteiger partial charge on any atom is -0.487 e. The molecule has 0 atom stereocenters. The van der Waals surface area contributed by atoms with Crippen LogP contribution in [0.3, 0.4) is 0 Å². The second-order valence-electron chi connectivity index (χ2n) is 7.48. The van der Waals surface area contributed by atoms with Gasteiger partial charge in [0.05, 0.1) is 21.2 Å². The van der Waals surface area contributed by atoms with Crippen molar-refractivity contribution in [3.05, 3.63) is 98.4 Å². The van der Waals surface area contributed by atoms with Crippen molar-refractivity contribution < 1.29 is 19.4 Å². The molecule has 1 N–H and O–H groups in total. The van der Waals surface area contributed by atoms with E-state index in [-0.39, 0.29) is 18.1 Å². The highest BCUT2D eigenvalue weighted by Crippen LogP contribution is 2.35. The Balaban J connectivity index is 1.53. The van der Waals surface area contributed by atoms with Crippen LogP contribution in [0, 0.1) is 0 Å². The van der Waals surface area contributed by atoms with Crippen molar-refractivity contribution in [2.75, 3.05) is 6.54 Å². The number of amidine groups is 1. The van der Waals surface area contributed by atoms with Gasteiger partial charge in [0, 0.05) is 17.1 Å². The zero-order valence-corrected chi connectivity index (χ0v) is 20.9. The lowest BCUT2D eigenvalue weighted by Gasteiger charge is -2.12. The SMILES string of the molecule is CCN1C(=O)C(=Cc2ccc(OCc3ccccc3Cl)c(Cl)c2)SC1=Nc1cccc(C(=O)O)c1. The summed E-state index contributed by atoms with van der Waals surface area (Å²) in [5.74, 6) is -0.706. The van der Waals surface area contributed by atoms with E-state index in [9.17, 15) is 14.7 Å². The number of amides is 1. The highest BCUT2D eigenvalue weighted by atomic mass is 35.5. The third-order valence-corrected chi connectivity index (χ3v) is 6.79. The molecule has 9 heteroatoms. The van der Waals surface area contributed by atoms with Gasteiger partial charge in [0.15, 0.2) is 5.17 Å². The molecule has 0 aliphatic carbocycles. The molecule has 0 saturated carbocycles. The quantitative estimate of drug-likeness (QED) is 0.339. The van der Waals surface area contributed by atoms with Crippen LogP contribution in [0.1, 0.15) is 28.4 Å². The number of carboxylic acid groups (broad SMARTS) is 1. The molecule has 0 unspecified atom stereocenters. The summed E-state index contributed by atoms with van der Waals surface area (Å²) in [5, 5.41) is 10.7. The molecule has 3 aromatic rings. The van der Waals surface area contributed by atoms with E-state index in [1.807, 2.05) is 31.2 Å². The molecule has 1 saturated heterocycles. The molecule has 0 radical (unpaired) electrons. The van der Waals surface area contributed by atoms with Gasteiger partial charge in [-0.3, -0.25) is 9.69 Å². The fraction of sp³-hybridized carbons (Fsp3) is 0.115. The molecule has 3 aromatic carbocycles. The summed E-state index contributed by atoms with van der Waals surface area (Å²) in [5.41, 5.74) is 2.18. The van der Waals surface area contributed by atoms with Crippen molar-refractivity contribution in [3.8, 4) is 5.75 Å². The Bertz CT molecular complexity index is 1360. The van der Waals surface area contributed by atoms with Gasteiger partial charge in [-0.15, -0.1) is 0 Å². The van der Waals surface area contributed by atoms with Crippen LogP contribution < -0.4 is 4.74 Å². The Labute approximate surface area is 216 Å². The standard InChI is InChI=1S/C26H20Cl2N2O4S/c1-2-30-24(31)23(35-26(30)29-19-8-5-7-17(14-19)25(32)33)13-16-10-11-22(21(28)12-16)34-15-18-6-3-4-9-20(18)27/h3-14H,2,15H2,1H3,(H,32,33). The number of thioether (sulfide) groups is 1. The van der Waals surface area contributed by atoms with Gasteiger partial charge in [0.2, 0.25) is 0 Å². The summed E-state index contributed by atoms with van der Waals surface area (Å²) >= 11 is 13.8. The van der Waals surface area contributed by atoms with Gasteiger partial charge in [0.1, 0.15) is 12.4 Å². The third-order valence-electron chi connectivity index (χ3n) is 5.12. The maximum atomic E-state index is 13.0. The average molecular weight is 527 g/mol. The molecule has 1 aliphatic heterocycles. The van der Waals surface area contributed by atoms with Crippen molar-refractivity contribution in [2.24, 2.45) is 4.99 Å². The van der Waals surface area contributed by atoms with Crippen LogP contribution >= 0.6 is 35.0 Å². The number of ether oxygens (including phenoxy) is 1. The molecule has 0 spiro atoms. The van der Waals surface area contributed by atoms with Gasteiger partial charge in [0.25, 0.3) is 5.91 Å². The first kappa shape index (κ1) is 24.9. The van der Waals surface area contributed by atoms with Crippen molar-refractivity contribution in [3.63, 3.8) is 0 Å². The first-order chi connectivity index (χ1) is 16.9. The summed E-state index contributed by atoms with van der Waals surface area (Å²) in [7, 11) is 0. The number of carboxylic acids is 1. The van der Waals surface area contributed by atoms with Crippen molar-refractivity contribution >= 4 is 63.8 Å². The lowest BCUT2D eigenvalue weighted by molar-refractivity contribution is -0.122. The molecular weight excluding hydrogens is 507 g/mol. The number of hydrogen-bond acceptors (Lipinski definition) is 5. The highest BCUT2D eigenvalue weighted by Gasteiger charge is 2.32. The van der Waals surface area contributed by atoms with Crippen molar-refractivity contribution in [2.45, 2.75) is 13.5 Å². The van der Waals surface area contributed by atoms with E-state index in [1.54, 1.807) is 41.3 Å². The molecule has 6 nitrogen and oxygen atoms in total. The minimum atomic E-state index is -1.04. The average Bonchev–Trinajstić information content (AvgIpc) is 3.13. The van der Waals surface area contributed by atoms with Gasteiger partial charge >= 0.3 is 5.97 Å². The first-order valence-corrected chi connectivity index (χ1v) is 12.2. The summed E-state index contributed by atoms with van der Waals surface area (Å²) in [6, 6.07) is 19.0. The molecule has 1 amide bonds. The van der Waals surface area contributed by atoms with Crippen LogP contribution in [0.4, 0.5) is 5.69 Å². The van der Waals surface area contributed by atoms with Crippen LogP contribution in [0.5, 0.6) is 5.75 Å². The number of carbonyl (C=O) groups is 2. The zero-order chi connectivity index (χ0) is 24.9. The number of nitrogens with zero attached hydrogens (tertiary/aromatic N) is 2. The molecule has 35 heavy (non-hydrogen) atoms. The molecular formula is C26H20Cl2N2O4S. The minimum absolute atomic E-state index is 0.131. The number of rotatable bonds is 7. The molecule has 1 fully saturated rings. The molecule has 4 rings (SSSR count). The number of hydrogen-bond donors (Lipinski definition) is 1. The van der Waals surface area contributed by atoms with Gasteiger partial charge in [-0.05, 0) is 66.7 Å². The van der Waals surface area contributed by atoms with Crippen LogP contribution in [0.15, 0.2) is 76.6 Å². The topological polar surface area (TPSA) is 79.2 Å². The predicted octanol–water partition coefficient (Wildman–Crippen LogP) is 6.89. The highest BCUT2D eigenvalue weighted by molar-refractivity contribution is 8.18. The molecule has 178 valence electrons. The Morgan fingerprint density at radius 1 is 1.09 bits per heavy atom. The van der Waals surface area contributed by atoms with Gasteiger partial charge in [-0.2, -0.15) is 0 Å². The normalized spacial score (nSPS) is 15.7. The number of likely N-dealkylation sites (N-methyl/N-ethyl adjacent to an activating group) is 1. The fourth-order valence-electron chi connectivity index (χ4n) is 3.34. The van der Waals surface area contributed by atoms with E-state index in [4.69, 9.17) is 27.9 Å². The Kier molecular flexibility index (Phi) is 7.80. The third kappa shape index (κ3) is 5.88. The van der Waals surface area contributed by atoms with E-state index >= 15 is 0 Å². The maximum absolute atomic E-state index is 13.0. The van der Waals surface area contributed by atoms with E-state index < -0.39 is 5.97 Å². The lowest BCUT2D eigenvalue weighted by Crippen LogP contribution is -2.28. The monoisotopic (exact) mass is 526 g/mol. The summed E-state index contributed by atoms with van der Waals surface area (Å²) in [4.78, 5) is 30.7. The number of aliphatic imine (C=N–C) groups is 1. The van der Waals surface area contributed by atoms with E-state index in [0.29, 0.717) is 38.1 Å². The second-order valence-corrected chi connectivity index (χ2v) is 9.30. The second kappa shape index (κ2) is 11.0. The Morgan fingerprint density at radius 2 is 1.89 bits per heavy atom. The number of halogens is 2. The molecule has 0 aromatic heterocycles. The van der Waals surface area contributed by atoms with Crippen molar-refractivity contribution in [1.29, 1.82) is 0 Å². The molecule has 0 bridgehead atoms. The van der Waals surface area contributed by atoms with Crippen LogP contribution in [0.2, 0.25) is 10.0 Å². The van der Waals surface area contributed by atoms with E-state index in [1.165, 1.54) is 23.9 Å². The van der Waals surface area contributed by atoms with Gasteiger partial charge in [-0.25, -0.2) is 9.79 Å². The van der Waals surface area contributed by atoms with E-state index in [2.05, 4.69) is 4.99 Å². The van der Waals surface area contributed by atoms with Gasteiger partial charge < -0.3 is 9.84 Å². The number of carbonyl (C=O) groups excluding carboxylic acids is 1. The van der Waals surface area contributed by atoms with Crippen LogP contribution in [-0.2, 0) is 11.4 Å². The van der Waals surface area contributed by atoms with Crippen LogP contribution in [0.25, 0.3) is 6.08 Å². The summed E-state index contributed by atoms with van der Waals surface area (Å²) in [6.07, 6.45) is 1.75. The molecule has 1 heterocycles. The van der Waals surface area contributed by atoms with E-state index in [0.717, 1.165) is 11.1 Å². The predicted molar refractivity (Wildman–Crippen MR) is 141 cm³/mol. The van der Waals surface area contributed by atoms with Crippen molar-refractivity contribution in [1.82, 2.24) is 4.90 Å². The largest absolute Gasteiger partial charge is 0.487 e. The molecule has 1 aliphatic rings. The summed E-state index contributed by atoms with van der Waals surface area (Å²) < 4.78 is 5.82. The maximum Gasteiger partial charge on any atom is 0.335 e. The van der Waals surface area contributed by atoms with Gasteiger partial charge in [-0.1, -0.05) is 53.5 Å². The number of aromatic carboxylic acids is 1. The summed E-state index contributed by atoms with van der Waals surface area (Å²) in [6.45, 7) is 2.56. The number of benzene rings is 3. The van der Waals surface area contributed by atoms with Crippen LogP contribution in [-0.4, -0.2) is 33.6 Å². The fourth-order valence-corrected chi connectivity index (χ4v) is 4.83. The Morgan fingerprint density at radius 3 is 2.60 bits per heavy atom. The lowest BCUT2D eigenvalue weighted by atomic mass is 10.2. The first-order valence-electron chi connectivity index (χ1n) is 10.6. The zero-order valence-electron chi connectivity index (χ0n) is 18.6.